The van der Waals surface area contributed by atoms with E-state index in [1.165, 1.54) is 0 Å². The van der Waals surface area contributed by atoms with Gasteiger partial charge in [-0.15, -0.1) is 0 Å². The topological polar surface area (TPSA) is 123 Å². The molecule has 0 unspecified atom stereocenters. The zero-order valence-corrected chi connectivity index (χ0v) is 24.9. The van der Waals surface area contributed by atoms with Crippen LogP contribution in [0.1, 0.15) is 33.3 Å². The Morgan fingerprint density at radius 1 is 1.07 bits per heavy atom. The molecule has 0 saturated heterocycles. The number of likely N-dealkylation sites (N-methyl/N-ethyl adjacent to an activating group) is 1. The number of aliphatic hydroxyl groups is 1. The van der Waals surface area contributed by atoms with Gasteiger partial charge in [0.05, 0.1) is 31.3 Å². The van der Waals surface area contributed by atoms with Crippen molar-refractivity contribution in [2.24, 2.45) is 5.92 Å². The molecule has 3 aromatic carbocycles. The average Bonchev–Trinajstić information content (AvgIpc) is 2.99. The number of anilines is 2. The molecule has 0 spiro atoms. The van der Waals surface area contributed by atoms with E-state index in [9.17, 15) is 19.5 Å². The van der Waals surface area contributed by atoms with Crippen molar-refractivity contribution in [3.05, 3.63) is 66.2 Å². The predicted molar refractivity (Wildman–Crippen MR) is 165 cm³/mol. The summed E-state index contributed by atoms with van der Waals surface area (Å²) in [6.07, 6.45) is -0.400. The summed E-state index contributed by atoms with van der Waals surface area (Å²) < 4.78 is 6.48. The van der Waals surface area contributed by atoms with Gasteiger partial charge in [-0.05, 0) is 50.4 Å². The van der Waals surface area contributed by atoms with Gasteiger partial charge in [0, 0.05) is 42.2 Å². The number of ether oxygens (including phenoxy) is 1. The highest BCUT2D eigenvalue weighted by atomic mass is 16.5. The van der Waals surface area contributed by atoms with Gasteiger partial charge in [0.1, 0.15) is 11.9 Å². The summed E-state index contributed by atoms with van der Waals surface area (Å²) in [5, 5.41) is 20.5. The third kappa shape index (κ3) is 7.50. The number of nitrogens with zero attached hydrogens (tertiary/aromatic N) is 2. The number of carbonyl (C=O) groups excluding carboxylic acids is 3. The number of benzene rings is 3. The lowest BCUT2D eigenvalue weighted by atomic mass is 10.0. The number of amides is 5. The molecule has 224 valence electrons. The Bertz CT molecular complexity index is 1420. The normalized spacial score (nSPS) is 17.8. The number of hydrogen-bond acceptors (Lipinski definition) is 5. The van der Waals surface area contributed by atoms with Gasteiger partial charge < -0.3 is 35.6 Å². The molecule has 1 heterocycles. The highest BCUT2D eigenvalue weighted by molar-refractivity contribution is 6.06. The third-order valence-electron chi connectivity index (χ3n) is 7.42. The number of fused-ring (bicyclic) bond motifs is 2. The van der Waals surface area contributed by atoms with E-state index >= 15 is 0 Å². The second kappa shape index (κ2) is 13.6. The van der Waals surface area contributed by atoms with Crippen molar-refractivity contribution >= 4 is 40.1 Å². The van der Waals surface area contributed by atoms with Crippen molar-refractivity contribution in [1.29, 1.82) is 0 Å². The van der Waals surface area contributed by atoms with Crippen molar-refractivity contribution in [1.82, 2.24) is 15.1 Å². The lowest BCUT2D eigenvalue weighted by Gasteiger charge is -2.34. The summed E-state index contributed by atoms with van der Waals surface area (Å²) in [7, 11) is 1.71. The first-order valence-electron chi connectivity index (χ1n) is 14.3. The van der Waals surface area contributed by atoms with Gasteiger partial charge >= 0.3 is 12.1 Å². The Kier molecular flexibility index (Phi) is 9.90. The highest BCUT2D eigenvalue weighted by Gasteiger charge is 2.32. The summed E-state index contributed by atoms with van der Waals surface area (Å²) in [5.74, 6) is 0.209. The predicted octanol–water partition coefficient (Wildman–Crippen LogP) is 4.68. The van der Waals surface area contributed by atoms with Crippen LogP contribution >= 0.6 is 0 Å². The highest BCUT2D eigenvalue weighted by Crippen LogP contribution is 2.30. The molecule has 3 aromatic rings. The zero-order chi connectivity index (χ0) is 30.4. The van der Waals surface area contributed by atoms with E-state index in [0.29, 0.717) is 35.8 Å². The van der Waals surface area contributed by atoms with Crippen LogP contribution in [0.4, 0.5) is 21.0 Å². The Morgan fingerprint density at radius 3 is 2.55 bits per heavy atom. The third-order valence-corrected chi connectivity index (χ3v) is 7.42. The number of hydrogen-bond donors (Lipinski definition) is 4. The standard InChI is InChI=1S/C32H41N5O5/c1-20(2)33-32(41)36(5)18-29-21(3)17-37(22(4)19-38)30(39)16-24-15-25(13-14-28(24)42-29)34-31(40)35-27-12-8-10-23-9-6-7-11-26(23)27/h6-15,20-22,29,38H,16-19H2,1-5H3,(H,33,41)(H2,34,35,40)/t21-,22+,29-/m0/s1. The molecule has 0 bridgehead atoms. The van der Waals surface area contributed by atoms with Crippen molar-refractivity contribution in [2.45, 2.75) is 52.3 Å². The van der Waals surface area contributed by atoms with Gasteiger partial charge in [-0.25, -0.2) is 9.59 Å². The molecule has 0 saturated carbocycles. The summed E-state index contributed by atoms with van der Waals surface area (Å²) in [6, 6.07) is 17.7. The Balaban J connectivity index is 1.58. The quantitative estimate of drug-likeness (QED) is 0.326. The molecule has 3 atom stereocenters. The maximum atomic E-state index is 13.5. The zero-order valence-electron chi connectivity index (χ0n) is 24.9. The monoisotopic (exact) mass is 575 g/mol. The molecule has 10 nitrogen and oxygen atoms in total. The fourth-order valence-electron chi connectivity index (χ4n) is 5.05. The van der Waals surface area contributed by atoms with Crippen LogP contribution in [0.5, 0.6) is 5.75 Å². The van der Waals surface area contributed by atoms with Crippen LogP contribution in [0.15, 0.2) is 60.7 Å². The molecule has 0 fully saturated rings. The Labute approximate surface area is 247 Å². The maximum Gasteiger partial charge on any atom is 0.323 e. The minimum Gasteiger partial charge on any atom is -0.488 e. The van der Waals surface area contributed by atoms with Crippen LogP contribution in [-0.4, -0.2) is 77.8 Å². The molecule has 1 aliphatic heterocycles. The SMILES string of the molecule is CC(C)NC(=O)N(C)C[C@@H]1Oc2ccc(NC(=O)Nc3cccc4ccccc34)cc2CC(=O)N([C@H](C)CO)C[C@@H]1C. The molecular weight excluding hydrogens is 534 g/mol. The van der Waals surface area contributed by atoms with E-state index in [1.54, 1.807) is 42.0 Å². The van der Waals surface area contributed by atoms with Gasteiger partial charge in [-0.3, -0.25) is 4.79 Å². The van der Waals surface area contributed by atoms with E-state index in [1.807, 2.05) is 63.2 Å². The minimum atomic E-state index is -0.431. The number of aliphatic hydroxyl groups excluding tert-OH is 1. The van der Waals surface area contributed by atoms with Crippen LogP contribution in [0, 0.1) is 5.92 Å². The molecular formula is C32H41N5O5. The number of carbonyl (C=O) groups is 3. The molecule has 4 N–H and O–H groups in total. The van der Waals surface area contributed by atoms with Crippen molar-refractivity contribution in [3.8, 4) is 5.75 Å². The number of rotatable bonds is 7. The largest absolute Gasteiger partial charge is 0.488 e. The van der Waals surface area contributed by atoms with E-state index < -0.39 is 18.2 Å². The second-order valence-corrected chi connectivity index (χ2v) is 11.3. The Hall–Kier alpha value is -4.31. The first-order chi connectivity index (χ1) is 20.0. The summed E-state index contributed by atoms with van der Waals surface area (Å²) in [4.78, 5) is 42.3. The van der Waals surface area contributed by atoms with Crippen LogP contribution in [0.25, 0.3) is 10.8 Å². The van der Waals surface area contributed by atoms with Gasteiger partial charge in [0.25, 0.3) is 0 Å². The molecule has 4 rings (SSSR count). The molecule has 0 radical (unpaired) electrons. The first kappa shape index (κ1) is 30.6. The van der Waals surface area contributed by atoms with Gasteiger partial charge in [0.2, 0.25) is 5.91 Å². The summed E-state index contributed by atoms with van der Waals surface area (Å²) >= 11 is 0. The molecule has 0 aliphatic carbocycles. The van der Waals surface area contributed by atoms with Gasteiger partial charge in [0.15, 0.2) is 0 Å². The van der Waals surface area contributed by atoms with Crippen LogP contribution < -0.4 is 20.7 Å². The average molecular weight is 576 g/mol. The van der Waals surface area contributed by atoms with Gasteiger partial charge in [-0.2, -0.15) is 0 Å². The first-order valence-corrected chi connectivity index (χ1v) is 14.3. The molecule has 10 heteroatoms. The summed E-state index contributed by atoms with van der Waals surface area (Å²) in [6.45, 7) is 8.05. The van der Waals surface area contributed by atoms with E-state index in [2.05, 4.69) is 16.0 Å². The van der Waals surface area contributed by atoms with E-state index in [4.69, 9.17) is 4.74 Å². The van der Waals surface area contributed by atoms with Gasteiger partial charge in [-0.1, -0.05) is 43.3 Å². The Morgan fingerprint density at radius 2 is 1.81 bits per heavy atom. The van der Waals surface area contributed by atoms with Crippen molar-refractivity contribution < 1.29 is 24.2 Å². The lowest BCUT2D eigenvalue weighted by molar-refractivity contribution is -0.134. The molecule has 5 amide bonds. The fourth-order valence-corrected chi connectivity index (χ4v) is 5.05. The lowest BCUT2D eigenvalue weighted by Crippen LogP contribution is -2.49. The molecule has 42 heavy (non-hydrogen) atoms. The molecule has 0 aromatic heterocycles. The van der Waals surface area contributed by atoms with Crippen LogP contribution in [0.2, 0.25) is 0 Å². The molecule has 1 aliphatic rings. The van der Waals surface area contributed by atoms with Crippen molar-refractivity contribution in [2.75, 3.05) is 37.4 Å². The second-order valence-electron chi connectivity index (χ2n) is 11.3. The number of nitrogens with one attached hydrogen (secondary N) is 3. The summed E-state index contributed by atoms with van der Waals surface area (Å²) in [5.41, 5.74) is 1.79. The fraction of sp³-hybridized carbons (Fsp3) is 0.406. The van der Waals surface area contributed by atoms with Crippen LogP contribution in [-0.2, 0) is 11.2 Å². The maximum absolute atomic E-state index is 13.5. The van der Waals surface area contributed by atoms with E-state index in [-0.39, 0.29) is 36.9 Å². The van der Waals surface area contributed by atoms with Crippen molar-refractivity contribution in [3.63, 3.8) is 0 Å². The smallest absolute Gasteiger partial charge is 0.323 e. The van der Waals surface area contributed by atoms with E-state index in [0.717, 1.165) is 10.8 Å². The van der Waals surface area contributed by atoms with Crippen LogP contribution in [0.3, 0.4) is 0 Å². The number of urea groups is 2. The minimum absolute atomic E-state index is 0.0122.